The Hall–Kier alpha value is -0.720. The van der Waals surface area contributed by atoms with Gasteiger partial charge < -0.3 is 0 Å². The van der Waals surface area contributed by atoms with Gasteiger partial charge in [-0.2, -0.15) is 13.2 Å². The fourth-order valence-electron chi connectivity index (χ4n) is 0.990. The van der Waals surface area contributed by atoms with Gasteiger partial charge in [0.25, 0.3) is 0 Å². The molecular formula is C8H3BrF6. The van der Waals surface area contributed by atoms with E-state index in [9.17, 15) is 26.3 Å². The van der Waals surface area contributed by atoms with Crippen molar-refractivity contribution in [3.8, 4) is 0 Å². The van der Waals surface area contributed by atoms with E-state index < -0.39 is 39.2 Å². The Bertz CT molecular complexity index is 380. The van der Waals surface area contributed by atoms with Gasteiger partial charge in [-0.25, -0.2) is 13.2 Å². The predicted octanol–water partition coefficient (Wildman–Crippen LogP) is 4.19. The minimum Gasteiger partial charge on any atom is -0.205 e. The number of alkyl halides is 3. The molecule has 1 rings (SSSR count). The highest BCUT2D eigenvalue weighted by atomic mass is 79.9. The maximum absolute atomic E-state index is 13.0. The highest BCUT2D eigenvalue weighted by Gasteiger charge is 2.40. The molecule has 15 heavy (non-hydrogen) atoms. The standard InChI is InChI=1S/C8H3BrF6/c1-2-4(9)6(11)3(8(13,14)15)7(12)5(2)10/h1H3. The van der Waals surface area contributed by atoms with Crippen LogP contribution in [0.2, 0.25) is 0 Å². The summed E-state index contributed by atoms with van der Waals surface area (Å²) in [5, 5.41) is 0. The molecule has 0 aliphatic carbocycles. The minimum atomic E-state index is -5.27. The summed E-state index contributed by atoms with van der Waals surface area (Å²) in [6, 6.07) is 0. The third-order valence-electron chi connectivity index (χ3n) is 1.77. The van der Waals surface area contributed by atoms with Gasteiger partial charge in [-0.05, 0) is 22.9 Å². The van der Waals surface area contributed by atoms with Gasteiger partial charge in [0.05, 0.1) is 4.47 Å². The molecule has 0 aliphatic rings. The van der Waals surface area contributed by atoms with Gasteiger partial charge in [-0.1, -0.05) is 0 Å². The molecule has 0 aromatic heterocycles. The smallest absolute Gasteiger partial charge is 0.205 e. The molecule has 7 heteroatoms. The van der Waals surface area contributed by atoms with Crippen molar-refractivity contribution < 1.29 is 26.3 Å². The summed E-state index contributed by atoms with van der Waals surface area (Å²) in [6.45, 7) is 0.964. The lowest BCUT2D eigenvalue weighted by Crippen LogP contribution is -2.14. The molecule has 0 atom stereocenters. The van der Waals surface area contributed by atoms with Crippen molar-refractivity contribution in [2.75, 3.05) is 0 Å². The minimum absolute atomic E-state index is 0.544. The van der Waals surface area contributed by atoms with E-state index in [4.69, 9.17) is 0 Å². The van der Waals surface area contributed by atoms with Crippen molar-refractivity contribution >= 4 is 15.9 Å². The number of hydrogen-bond donors (Lipinski definition) is 0. The van der Waals surface area contributed by atoms with Crippen LogP contribution in [0.5, 0.6) is 0 Å². The predicted molar refractivity (Wildman–Crippen MR) is 43.8 cm³/mol. The first-order chi connectivity index (χ1) is 6.68. The Kier molecular flexibility index (Phi) is 3.04. The van der Waals surface area contributed by atoms with Crippen LogP contribution in [0.15, 0.2) is 4.47 Å². The molecule has 0 nitrogen and oxygen atoms in total. The van der Waals surface area contributed by atoms with Gasteiger partial charge in [0.1, 0.15) is 5.56 Å². The Balaban J connectivity index is 3.68. The van der Waals surface area contributed by atoms with Crippen molar-refractivity contribution in [2.24, 2.45) is 0 Å². The van der Waals surface area contributed by atoms with Gasteiger partial charge in [0.15, 0.2) is 17.5 Å². The van der Waals surface area contributed by atoms with Crippen molar-refractivity contribution in [3.63, 3.8) is 0 Å². The van der Waals surface area contributed by atoms with Crippen LogP contribution in [0.3, 0.4) is 0 Å². The van der Waals surface area contributed by atoms with Gasteiger partial charge in [0.2, 0.25) is 0 Å². The molecular weight excluding hydrogens is 290 g/mol. The van der Waals surface area contributed by atoms with Crippen LogP contribution in [-0.4, -0.2) is 0 Å². The van der Waals surface area contributed by atoms with E-state index >= 15 is 0 Å². The van der Waals surface area contributed by atoms with E-state index in [1.165, 1.54) is 0 Å². The average molecular weight is 293 g/mol. The van der Waals surface area contributed by atoms with Crippen LogP contribution < -0.4 is 0 Å². The van der Waals surface area contributed by atoms with Crippen molar-refractivity contribution in [2.45, 2.75) is 13.1 Å². The highest BCUT2D eigenvalue weighted by Crippen LogP contribution is 2.38. The highest BCUT2D eigenvalue weighted by molar-refractivity contribution is 9.10. The second kappa shape index (κ2) is 3.70. The summed E-state index contributed by atoms with van der Waals surface area (Å²) in [7, 11) is 0. The lowest BCUT2D eigenvalue weighted by molar-refractivity contribution is -0.142. The summed E-state index contributed by atoms with van der Waals surface area (Å²) in [6.07, 6.45) is -5.27. The third-order valence-corrected chi connectivity index (χ3v) is 2.71. The van der Waals surface area contributed by atoms with Crippen LogP contribution in [0.4, 0.5) is 26.3 Å². The lowest BCUT2D eigenvalue weighted by atomic mass is 10.1. The molecule has 0 N–H and O–H groups in total. The molecule has 0 spiro atoms. The monoisotopic (exact) mass is 292 g/mol. The normalized spacial score (nSPS) is 12.0. The van der Waals surface area contributed by atoms with Crippen molar-refractivity contribution in [1.29, 1.82) is 0 Å². The average Bonchev–Trinajstić information content (AvgIpc) is 2.09. The quantitative estimate of drug-likeness (QED) is 0.497. The topological polar surface area (TPSA) is 0 Å². The molecule has 0 fully saturated rings. The molecule has 0 unspecified atom stereocenters. The van der Waals surface area contributed by atoms with Crippen molar-refractivity contribution in [3.05, 3.63) is 33.1 Å². The van der Waals surface area contributed by atoms with E-state index in [1.54, 1.807) is 0 Å². The van der Waals surface area contributed by atoms with E-state index in [0.29, 0.717) is 0 Å². The second-order valence-corrected chi connectivity index (χ2v) is 3.55. The Morgan fingerprint density at radius 2 is 1.40 bits per heavy atom. The summed E-state index contributed by atoms with van der Waals surface area (Å²) in [4.78, 5) is 0. The zero-order chi connectivity index (χ0) is 12.0. The lowest BCUT2D eigenvalue weighted by Gasteiger charge is -2.12. The van der Waals surface area contributed by atoms with Crippen molar-refractivity contribution in [1.82, 2.24) is 0 Å². The molecule has 1 aromatic rings. The molecule has 1 aromatic carbocycles. The fourth-order valence-corrected chi connectivity index (χ4v) is 1.36. The van der Waals surface area contributed by atoms with E-state index in [-0.39, 0.29) is 0 Å². The molecule has 0 aliphatic heterocycles. The maximum atomic E-state index is 13.0. The van der Waals surface area contributed by atoms with Gasteiger partial charge in [0, 0.05) is 5.56 Å². The number of benzene rings is 1. The number of rotatable bonds is 0. The molecule has 0 radical (unpaired) electrons. The summed E-state index contributed by atoms with van der Waals surface area (Å²) in [5.74, 6) is -5.78. The van der Waals surface area contributed by atoms with Gasteiger partial charge in [-0.3, -0.25) is 0 Å². The van der Waals surface area contributed by atoms with Crippen LogP contribution >= 0.6 is 15.9 Å². The first-order valence-electron chi connectivity index (χ1n) is 3.57. The Labute approximate surface area is 89.0 Å². The van der Waals surface area contributed by atoms with Crippen LogP contribution in [0.25, 0.3) is 0 Å². The van der Waals surface area contributed by atoms with Crippen LogP contribution in [-0.2, 0) is 6.18 Å². The second-order valence-electron chi connectivity index (χ2n) is 2.75. The Morgan fingerprint density at radius 1 is 0.933 bits per heavy atom. The first kappa shape index (κ1) is 12.4. The molecule has 0 amide bonds. The van der Waals surface area contributed by atoms with E-state index in [1.807, 2.05) is 0 Å². The SMILES string of the molecule is Cc1c(F)c(F)c(C(F)(F)F)c(F)c1Br. The van der Waals surface area contributed by atoms with Crippen LogP contribution in [0, 0.1) is 24.4 Å². The molecule has 0 heterocycles. The van der Waals surface area contributed by atoms with Crippen LogP contribution in [0.1, 0.15) is 11.1 Å². The molecule has 84 valence electrons. The largest absolute Gasteiger partial charge is 0.422 e. The summed E-state index contributed by atoms with van der Waals surface area (Å²) < 4.78 is 74.4. The first-order valence-corrected chi connectivity index (χ1v) is 4.37. The number of hydrogen-bond acceptors (Lipinski definition) is 0. The number of halogens is 7. The fraction of sp³-hybridized carbons (Fsp3) is 0.250. The summed E-state index contributed by atoms with van der Waals surface area (Å²) in [5.41, 5.74) is -2.77. The van der Waals surface area contributed by atoms with E-state index in [0.717, 1.165) is 6.92 Å². The third kappa shape index (κ3) is 1.97. The zero-order valence-electron chi connectivity index (χ0n) is 7.15. The van der Waals surface area contributed by atoms with E-state index in [2.05, 4.69) is 15.9 Å². The molecule has 0 bridgehead atoms. The summed E-state index contributed by atoms with van der Waals surface area (Å²) >= 11 is 2.43. The Morgan fingerprint density at radius 3 is 1.80 bits per heavy atom. The van der Waals surface area contributed by atoms with Gasteiger partial charge in [-0.15, -0.1) is 0 Å². The zero-order valence-corrected chi connectivity index (χ0v) is 8.73. The molecule has 0 saturated carbocycles. The maximum Gasteiger partial charge on any atom is 0.422 e. The molecule has 0 saturated heterocycles. The van der Waals surface area contributed by atoms with Gasteiger partial charge >= 0.3 is 6.18 Å².